The molecule has 0 fully saturated rings. The lowest BCUT2D eigenvalue weighted by Gasteiger charge is -2.20. The molecule has 0 bridgehead atoms. The van der Waals surface area contributed by atoms with Crippen LogP contribution in [0.15, 0.2) is 59.0 Å². The van der Waals surface area contributed by atoms with Crippen molar-refractivity contribution in [3.8, 4) is 6.07 Å². The summed E-state index contributed by atoms with van der Waals surface area (Å²) in [5, 5.41) is 18.5. The first-order valence-corrected chi connectivity index (χ1v) is 7.90. The Morgan fingerprint density at radius 3 is 2.88 bits per heavy atom. The number of benzene rings is 1. The molecule has 0 radical (unpaired) electrons. The number of aromatic nitrogens is 2. The molecule has 2 amide bonds. The summed E-state index contributed by atoms with van der Waals surface area (Å²) in [6.45, 7) is 1.63. The van der Waals surface area contributed by atoms with E-state index in [2.05, 4.69) is 26.8 Å². The lowest BCUT2D eigenvalue weighted by Crippen LogP contribution is -2.38. The molecule has 8 nitrogen and oxygen atoms in total. The lowest BCUT2D eigenvalue weighted by atomic mass is 10.1. The van der Waals surface area contributed by atoms with Crippen LogP contribution in [-0.4, -0.2) is 27.8 Å². The predicted molar refractivity (Wildman–Crippen MR) is 93.6 cm³/mol. The SMILES string of the molecule is CC(NC(=O)Cc1ccccc1C#N)=C1C=NC(n2cccn2)NC1=O. The summed E-state index contributed by atoms with van der Waals surface area (Å²) in [7, 11) is 0. The molecule has 0 saturated carbocycles. The molecule has 1 aromatic heterocycles. The molecule has 2 aromatic rings. The summed E-state index contributed by atoms with van der Waals surface area (Å²) >= 11 is 0. The van der Waals surface area contributed by atoms with Crippen LogP contribution in [-0.2, 0) is 16.0 Å². The predicted octanol–water partition coefficient (Wildman–Crippen LogP) is 1.04. The van der Waals surface area contributed by atoms with Gasteiger partial charge in [0.25, 0.3) is 5.91 Å². The van der Waals surface area contributed by atoms with Gasteiger partial charge in [-0.3, -0.25) is 9.59 Å². The third kappa shape index (κ3) is 3.67. The molecule has 26 heavy (non-hydrogen) atoms. The molecule has 3 rings (SSSR count). The molecule has 130 valence electrons. The number of aliphatic imine (C=N–C) groups is 1. The fraction of sp³-hybridized carbons (Fsp3) is 0.167. The molecular formula is C18H16N6O2. The van der Waals surface area contributed by atoms with Crippen LogP contribution >= 0.6 is 0 Å². The van der Waals surface area contributed by atoms with Crippen LogP contribution in [0.5, 0.6) is 0 Å². The number of hydrogen-bond donors (Lipinski definition) is 2. The molecular weight excluding hydrogens is 332 g/mol. The van der Waals surface area contributed by atoms with Crippen LogP contribution in [0.3, 0.4) is 0 Å². The Bertz CT molecular complexity index is 937. The van der Waals surface area contributed by atoms with Crippen LogP contribution in [0.2, 0.25) is 0 Å². The van der Waals surface area contributed by atoms with Gasteiger partial charge >= 0.3 is 0 Å². The van der Waals surface area contributed by atoms with E-state index in [1.165, 1.54) is 10.9 Å². The van der Waals surface area contributed by atoms with E-state index in [9.17, 15) is 9.59 Å². The standard InChI is InChI=1S/C18H16N6O2/c1-12(22-16(25)9-13-5-2-3-6-14(13)10-19)15-11-20-18(23-17(15)26)24-8-4-7-21-24/h2-8,11,18H,9H2,1H3,(H,22,25)(H,23,26). The number of amides is 2. The summed E-state index contributed by atoms with van der Waals surface area (Å²) in [6.07, 6.45) is 4.15. The zero-order valence-corrected chi connectivity index (χ0v) is 14.0. The first-order valence-electron chi connectivity index (χ1n) is 7.90. The average Bonchev–Trinajstić information content (AvgIpc) is 3.16. The maximum Gasteiger partial charge on any atom is 0.257 e. The topological polar surface area (TPSA) is 112 Å². The Morgan fingerprint density at radius 2 is 2.19 bits per heavy atom. The van der Waals surface area contributed by atoms with Gasteiger partial charge in [0, 0.05) is 24.3 Å². The Balaban J connectivity index is 1.71. The van der Waals surface area contributed by atoms with Gasteiger partial charge in [-0.25, -0.2) is 9.67 Å². The minimum atomic E-state index is -0.604. The molecule has 8 heteroatoms. The number of hydrogen-bond acceptors (Lipinski definition) is 5. The molecule has 2 heterocycles. The second kappa shape index (κ2) is 7.44. The van der Waals surface area contributed by atoms with Crippen molar-refractivity contribution in [2.75, 3.05) is 0 Å². The number of rotatable bonds is 4. The fourth-order valence-corrected chi connectivity index (χ4v) is 2.54. The van der Waals surface area contributed by atoms with Gasteiger partial charge in [-0.15, -0.1) is 0 Å². The van der Waals surface area contributed by atoms with Crippen molar-refractivity contribution in [1.29, 1.82) is 5.26 Å². The van der Waals surface area contributed by atoms with Gasteiger partial charge in [-0.1, -0.05) is 18.2 Å². The van der Waals surface area contributed by atoms with E-state index >= 15 is 0 Å². The average molecular weight is 348 g/mol. The van der Waals surface area contributed by atoms with Crippen LogP contribution in [0.4, 0.5) is 0 Å². The molecule has 1 unspecified atom stereocenters. The van der Waals surface area contributed by atoms with E-state index in [4.69, 9.17) is 5.26 Å². The largest absolute Gasteiger partial charge is 0.329 e. The van der Waals surface area contributed by atoms with Crippen molar-refractivity contribution in [3.05, 3.63) is 65.1 Å². The van der Waals surface area contributed by atoms with E-state index < -0.39 is 6.29 Å². The third-order valence-electron chi connectivity index (χ3n) is 3.84. The second-order valence-corrected chi connectivity index (χ2v) is 5.64. The highest BCUT2D eigenvalue weighted by molar-refractivity contribution is 6.14. The summed E-state index contributed by atoms with van der Waals surface area (Å²) in [6, 6.07) is 10.7. The third-order valence-corrected chi connectivity index (χ3v) is 3.84. The summed E-state index contributed by atoms with van der Waals surface area (Å²) in [5.41, 5.74) is 1.75. The first kappa shape index (κ1) is 17.1. The highest BCUT2D eigenvalue weighted by Crippen LogP contribution is 2.13. The molecule has 1 atom stereocenters. The van der Waals surface area contributed by atoms with Gasteiger partial charge in [0.2, 0.25) is 12.2 Å². The van der Waals surface area contributed by atoms with E-state index in [1.54, 1.807) is 49.6 Å². The van der Waals surface area contributed by atoms with E-state index in [1.807, 2.05) is 0 Å². The number of carbonyl (C=O) groups is 2. The Kier molecular flexibility index (Phi) is 4.90. The van der Waals surface area contributed by atoms with Crippen LogP contribution in [0, 0.1) is 11.3 Å². The van der Waals surface area contributed by atoms with Crippen molar-refractivity contribution >= 4 is 18.0 Å². The molecule has 0 saturated heterocycles. The Hall–Kier alpha value is -3.73. The summed E-state index contributed by atoms with van der Waals surface area (Å²) in [5.74, 6) is -0.663. The van der Waals surface area contributed by atoms with Gasteiger partial charge in [-0.2, -0.15) is 10.4 Å². The van der Waals surface area contributed by atoms with Gasteiger partial charge in [-0.05, 0) is 24.6 Å². The van der Waals surface area contributed by atoms with Crippen LogP contribution in [0.25, 0.3) is 0 Å². The minimum Gasteiger partial charge on any atom is -0.329 e. The number of nitrogens with zero attached hydrogens (tertiary/aromatic N) is 4. The number of carbonyl (C=O) groups excluding carboxylic acids is 2. The van der Waals surface area contributed by atoms with E-state index in [0.717, 1.165) is 0 Å². The monoisotopic (exact) mass is 348 g/mol. The fourth-order valence-electron chi connectivity index (χ4n) is 2.54. The Morgan fingerprint density at radius 1 is 1.38 bits per heavy atom. The molecule has 1 aromatic carbocycles. The number of nitriles is 1. The maximum absolute atomic E-state index is 12.3. The number of nitrogens with one attached hydrogen (secondary N) is 2. The van der Waals surface area contributed by atoms with Crippen molar-refractivity contribution in [3.63, 3.8) is 0 Å². The van der Waals surface area contributed by atoms with Crippen molar-refractivity contribution in [2.24, 2.45) is 4.99 Å². The van der Waals surface area contributed by atoms with E-state index in [0.29, 0.717) is 16.8 Å². The first-order chi connectivity index (χ1) is 12.6. The van der Waals surface area contributed by atoms with Gasteiger partial charge < -0.3 is 10.6 Å². The van der Waals surface area contributed by atoms with Gasteiger partial charge in [0.15, 0.2) is 0 Å². The van der Waals surface area contributed by atoms with Crippen molar-refractivity contribution < 1.29 is 9.59 Å². The van der Waals surface area contributed by atoms with Crippen molar-refractivity contribution in [1.82, 2.24) is 20.4 Å². The van der Waals surface area contributed by atoms with Crippen molar-refractivity contribution in [2.45, 2.75) is 19.6 Å². The molecule has 0 spiro atoms. The van der Waals surface area contributed by atoms with Gasteiger partial charge in [0.1, 0.15) is 0 Å². The molecule has 1 aliphatic rings. The second-order valence-electron chi connectivity index (χ2n) is 5.64. The summed E-state index contributed by atoms with van der Waals surface area (Å²) < 4.78 is 1.51. The van der Waals surface area contributed by atoms with E-state index in [-0.39, 0.29) is 23.8 Å². The zero-order valence-electron chi connectivity index (χ0n) is 14.0. The van der Waals surface area contributed by atoms with Crippen LogP contribution in [0.1, 0.15) is 24.3 Å². The van der Waals surface area contributed by atoms with Crippen LogP contribution < -0.4 is 10.6 Å². The van der Waals surface area contributed by atoms with Gasteiger partial charge in [0.05, 0.1) is 23.6 Å². The minimum absolute atomic E-state index is 0.0447. The normalized spacial score (nSPS) is 18.0. The zero-order chi connectivity index (χ0) is 18.5. The lowest BCUT2D eigenvalue weighted by molar-refractivity contribution is -0.119. The Labute approximate surface area is 149 Å². The molecule has 0 aliphatic carbocycles. The maximum atomic E-state index is 12.3. The highest BCUT2D eigenvalue weighted by Gasteiger charge is 2.22. The quantitative estimate of drug-likeness (QED) is 0.804. The summed E-state index contributed by atoms with van der Waals surface area (Å²) in [4.78, 5) is 28.8. The molecule has 2 N–H and O–H groups in total. The molecule has 1 aliphatic heterocycles. The smallest absolute Gasteiger partial charge is 0.257 e. The number of allylic oxidation sites excluding steroid dienone is 1. The highest BCUT2D eigenvalue weighted by atomic mass is 16.2.